The van der Waals surface area contributed by atoms with Crippen molar-refractivity contribution in [3.8, 4) is 0 Å². The molecular formula is C12H25ClO. The van der Waals surface area contributed by atoms with E-state index in [-0.39, 0.29) is 0 Å². The summed E-state index contributed by atoms with van der Waals surface area (Å²) in [6.07, 6.45) is 10.3. The lowest BCUT2D eigenvalue weighted by Gasteiger charge is -2.06. The van der Waals surface area contributed by atoms with Crippen molar-refractivity contribution < 1.29 is 5.11 Å². The number of rotatable bonds is 10. The molecule has 0 bridgehead atoms. The van der Waals surface area contributed by atoms with Crippen LogP contribution in [0, 0.1) is 5.92 Å². The van der Waals surface area contributed by atoms with Gasteiger partial charge in [-0.1, -0.05) is 45.4 Å². The molecule has 1 N–H and O–H groups in total. The Morgan fingerprint density at radius 2 is 1.43 bits per heavy atom. The van der Waals surface area contributed by atoms with Crippen molar-refractivity contribution >= 4 is 11.6 Å². The van der Waals surface area contributed by atoms with Gasteiger partial charge in [0, 0.05) is 12.5 Å². The van der Waals surface area contributed by atoms with Crippen molar-refractivity contribution in [2.24, 2.45) is 5.92 Å². The molecule has 0 saturated heterocycles. The predicted octanol–water partition coefficient (Wildman–Crippen LogP) is 3.97. The Morgan fingerprint density at radius 1 is 0.929 bits per heavy atom. The Labute approximate surface area is 93.9 Å². The van der Waals surface area contributed by atoms with Gasteiger partial charge in [-0.2, -0.15) is 0 Å². The van der Waals surface area contributed by atoms with E-state index in [2.05, 4.69) is 6.92 Å². The second kappa shape index (κ2) is 11.3. The first-order valence-corrected chi connectivity index (χ1v) is 6.51. The highest BCUT2D eigenvalue weighted by molar-refractivity contribution is 6.17. The first kappa shape index (κ1) is 14.2. The zero-order valence-electron chi connectivity index (χ0n) is 9.47. The monoisotopic (exact) mass is 220 g/mol. The van der Waals surface area contributed by atoms with Crippen LogP contribution in [-0.4, -0.2) is 17.6 Å². The van der Waals surface area contributed by atoms with Crippen LogP contribution in [0.3, 0.4) is 0 Å². The molecule has 1 unspecified atom stereocenters. The molecule has 0 aromatic rings. The molecule has 2 heteroatoms. The highest BCUT2D eigenvalue weighted by atomic mass is 35.5. The maximum atomic E-state index is 8.82. The van der Waals surface area contributed by atoms with Crippen molar-refractivity contribution in [1.82, 2.24) is 0 Å². The largest absolute Gasteiger partial charge is 0.396 e. The molecule has 0 saturated carbocycles. The Bertz CT molecular complexity index is 106. The second-order valence-corrected chi connectivity index (χ2v) is 4.62. The predicted molar refractivity (Wildman–Crippen MR) is 63.9 cm³/mol. The highest BCUT2D eigenvalue weighted by Gasteiger charge is 1.98. The SMILES string of the molecule is CC(CO)CCCCCCCCCCl. The molecule has 14 heavy (non-hydrogen) atoms. The smallest absolute Gasteiger partial charge is 0.0456 e. The minimum absolute atomic E-state index is 0.343. The van der Waals surface area contributed by atoms with Crippen LogP contribution in [0.2, 0.25) is 0 Å². The topological polar surface area (TPSA) is 20.2 Å². The minimum Gasteiger partial charge on any atom is -0.396 e. The van der Waals surface area contributed by atoms with Gasteiger partial charge in [0.05, 0.1) is 0 Å². The average Bonchev–Trinajstić information content (AvgIpc) is 2.21. The summed E-state index contributed by atoms with van der Waals surface area (Å²) in [5.41, 5.74) is 0. The number of hydrogen-bond acceptors (Lipinski definition) is 1. The maximum absolute atomic E-state index is 8.82. The molecule has 0 amide bonds. The molecule has 0 radical (unpaired) electrons. The van der Waals surface area contributed by atoms with E-state index in [9.17, 15) is 0 Å². The zero-order chi connectivity index (χ0) is 10.6. The van der Waals surface area contributed by atoms with Gasteiger partial charge >= 0.3 is 0 Å². The molecule has 0 spiro atoms. The molecule has 1 nitrogen and oxygen atoms in total. The van der Waals surface area contributed by atoms with Crippen LogP contribution in [0.15, 0.2) is 0 Å². The highest BCUT2D eigenvalue weighted by Crippen LogP contribution is 2.12. The Kier molecular flexibility index (Phi) is 11.5. The van der Waals surface area contributed by atoms with Gasteiger partial charge < -0.3 is 5.11 Å². The van der Waals surface area contributed by atoms with Gasteiger partial charge in [-0.3, -0.25) is 0 Å². The number of aliphatic hydroxyl groups is 1. The summed E-state index contributed by atoms with van der Waals surface area (Å²) in [4.78, 5) is 0. The number of unbranched alkanes of at least 4 members (excludes halogenated alkanes) is 6. The van der Waals surface area contributed by atoms with Crippen molar-refractivity contribution in [2.45, 2.75) is 58.3 Å². The van der Waals surface area contributed by atoms with E-state index in [0.29, 0.717) is 12.5 Å². The van der Waals surface area contributed by atoms with E-state index in [1.165, 1.54) is 51.4 Å². The van der Waals surface area contributed by atoms with Crippen molar-refractivity contribution in [1.29, 1.82) is 0 Å². The molecule has 0 heterocycles. The summed E-state index contributed by atoms with van der Waals surface area (Å²) in [5, 5.41) is 8.82. The Hall–Kier alpha value is 0.250. The Morgan fingerprint density at radius 3 is 1.93 bits per heavy atom. The fraction of sp³-hybridized carbons (Fsp3) is 1.00. The zero-order valence-corrected chi connectivity index (χ0v) is 10.2. The summed E-state index contributed by atoms with van der Waals surface area (Å²) < 4.78 is 0. The summed E-state index contributed by atoms with van der Waals surface area (Å²) in [5.74, 6) is 1.31. The molecule has 1 atom stereocenters. The maximum Gasteiger partial charge on any atom is 0.0456 e. The number of hydrogen-bond donors (Lipinski definition) is 1. The quantitative estimate of drug-likeness (QED) is 0.436. The summed E-state index contributed by atoms with van der Waals surface area (Å²) in [6, 6.07) is 0. The third-order valence-corrected chi connectivity index (χ3v) is 2.91. The van der Waals surface area contributed by atoms with Crippen LogP contribution < -0.4 is 0 Å². The number of halogens is 1. The molecule has 0 aliphatic heterocycles. The third kappa shape index (κ3) is 10.3. The fourth-order valence-electron chi connectivity index (χ4n) is 1.56. The lowest BCUT2D eigenvalue weighted by Crippen LogP contribution is -1.99. The molecule has 0 aliphatic carbocycles. The van der Waals surface area contributed by atoms with Crippen molar-refractivity contribution in [3.63, 3.8) is 0 Å². The molecular weight excluding hydrogens is 196 g/mol. The molecule has 0 aliphatic rings. The van der Waals surface area contributed by atoms with E-state index < -0.39 is 0 Å². The normalized spacial score (nSPS) is 13.1. The lowest BCUT2D eigenvalue weighted by molar-refractivity contribution is 0.227. The van der Waals surface area contributed by atoms with Crippen LogP contribution in [0.25, 0.3) is 0 Å². The van der Waals surface area contributed by atoms with Crippen LogP contribution in [-0.2, 0) is 0 Å². The van der Waals surface area contributed by atoms with Gasteiger partial charge in [0.1, 0.15) is 0 Å². The third-order valence-electron chi connectivity index (χ3n) is 2.64. The molecule has 0 fully saturated rings. The fourth-order valence-corrected chi connectivity index (χ4v) is 1.75. The molecule has 0 aromatic heterocycles. The van der Waals surface area contributed by atoms with Gasteiger partial charge in [0.2, 0.25) is 0 Å². The van der Waals surface area contributed by atoms with Crippen molar-refractivity contribution in [3.05, 3.63) is 0 Å². The van der Waals surface area contributed by atoms with E-state index in [1.54, 1.807) is 0 Å². The van der Waals surface area contributed by atoms with E-state index in [4.69, 9.17) is 16.7 Å². The Balaban J connectivity index is 2.92. The lowest BCUT2D eigenvalue weighted by atomic mass is 10.0. The van der Waals surface area contributed by atoms with E-state index in [0.717, 1.165) is 5.88 Å². The summed E-state index contributed by atoms with van der Waals surface area (Å²) >= 11 is 5.59. The second-order valence-electron chi connectivity index (χ2n) is 4.24. The van der Waals surface area contributed by atoms with Crippen LogP contribution in [0.4, 0.5) is 0 Å². The first-order chi connectivity index (χ1) is 6.81. The first-order valence-electron chi connectivity index (χ1n) is 5.98. The van der Waals surface area contributed by atoms with Crippen LogP contribution >= 0.6 is 11.6 Å². The average molecular weight is 221 g/mol. The molecule has 86 valence electrons. The van der Waals surface area contributed by atoms with Crippen molar-refractivity contribution in [2.75, 3.05) is 12.5 Å². The van der Waals surface area contributed by atoms with Crippen LogP contribution in [0.5, 0.6) is 0 Å². The molecule has 0 rings (SSSR count). The van der Waals surface area contributed by atoms with Crippen LogP contribution in [0.1, 0.15) is 58.3 Å². The van der Waals surface area contributed by atoms with E-state index >= 15 is 0 Å². The molecule has 0 aromatic carbocycles. The van der Waals surface area contributed by atoms with Gasteiger partial charge in [0.15, 0.2) is 0 Å². The van der Waals surface area contributed by atoms with Gasteiger partial charge in [0.25, 0.3) is 0 Å². The van der Waals surface area contributed by atoms with Gasteiger partial charge in [-0.05, 0) is 18.8 Å². The number of aliphatic hydroxyl groups excluding tert-OH is 1. The summed E-state index contributed by atoms with van der Waals surface area (Å²) in [6.45, 7) is 2.45. The van der Waals surface area contributed by atoms with E-state index in [1.807, 2.05) is 0 Å². The number of alkyl halides is 1. The van der Waals surface area contributed by atoms with Gasteiger partial charge in [-0.25, -0.2) is 0 Å². The summed E-state index contributed by atoms with van der Waals surface area (Å²) in [7, 11) is 0. The standard InChI is InChI=1S/C12H25ClO/c1-12(11-14)9-7-5-3-2-4-6-8-10-13/h12,14H,2-11H2,1H3. The minimum atomic E-state index is 0.343. The van der Waals surface area contributed by atoms with Gasteiger partial charge in [-0.15, -0.1) is 11.6 Å².